The third-order valence-electron chi connectivity index (χ3n) is 3.65. The second-order valence-corrected chi connectivity index (χ2v) is 5.03. The summed E-state index contributed by atoms with van der Waals surface area (Å²) in [6.07, 6.45) is 1.03. The molecule has 2 aromatic carbocycles. The van der Waals surface area contributed by atoms with Crippen molar-refractivity contribution in [3.8, 4) is 11.5 Å². The third kappa shape index (κ3) is 3.48. The number of ether oxygens (including phenoxy) is 2. The normalized spacial score (nSPS) is 10.3. The van der Waals surface area contributed by atoms with Gasteiger partial charge in [0.05, 0.1) is 14.2 Å². The topological polar surface area (TPSA) is 21.7 Å². The van der Waals surface area contributed by atoms with Crippen LogP contribution in [0.3, 0.4) is 0 Å². The largest absolute Gasteiger partial charge is 0.493 e. The molecule has 2 aromatic rings. The van der Waals surface area contributed by atoms with Gasteiger partial charge in [-0.2, -0.15) is 0 Å². The van der Waals surface area contributed by atoms with Gasteiger partial charge >= 0.3 is 0 Å². The third-order valence-corrected chi connectivity index (χ3v) is 3.65. The van der Waals surface area contributed by atoms with Crippen molar-refractivity contribution in [1.29, 1.82) is 0 Å². The van der Waals surface area contributed by atoms with Gasteiger partial charge in [0.25, 0.3) is 0 Å². The molecule has 0 amide bonds. The molecule has 0 radical (unpaired) electrons. The van der Waals surface area contributed by atoms with Crippen molar-refractivity contribution in [3.05, 3.63) is 53.6 Å². The van der Waals surface area contributed by atoms with E-state index >= 15 is 0 Å². The van der Waals surface area contributed by atoms with E-state index < -0.39 is 0 Å². The number of hydrogen-bond acceptors (Lipinski definition) is 3. The first-order valence-corrected chi connectivity index (χ1v) is 7.19. The van der Waals surface area contributed by atoms with Crippen molar-refractivity contribution in [3.63, 3.8) is 0 Å². The van der Waals surface area contributed by atoms with Gasteiger partial charge in [0.1, 0.15) is 0 Å². The number of hydrogen-bond donors (Lipinski definition) is 0. The minimum atomic E-state index is 0.762. The summed E-state index contributed by atoms with van der Waals surface area (Å²) in [6.45, 7) is 3.01. The Balaban J connectivity index is 2.21. The molecular formula is C18H23NO2. The monoisotopic (exact) mass is 285 g/mol. The van der Waals surface area contributed by atoms with E-state index in [1.807, 2.05) is 12.1 Å². The molecule has 0 aromatic heterocycles. The summed E-state index contributed by atoms with van der Waals surface area (Å²) in [5, 5.41) is 0. The van der Waals surface area contributed by atoms with Gasteiger partial charge < -0.3 is 14.4 Å². The molecule has 0 fully saturated rings. The lowest BCUT2D eigenvalue weighted by Gasteiger charge is -2.22. The molecule has 0 aliphatic heterocycles. The predicted octanol–water partition coefficient (Wildman–Crippen LogP) is 3.90. The Bertz CT molecular complexity index is 596. The first kappa shape index (κ1) is 15.2. The van der Waals surface area contributed by atoms with Crippen LogP contribution in [0.25, 0.3) is 0 Å². The van der Waals surface area contributed by atoms with Crippen molar-refractivity contribution < 1.29 is 9.47 Å². The maximum absolute atomic E-state index is 5.37. The molecule has 0 saturated heterocycles. The fourth-order valence-electron chi connectivity index (χ4n) is 2.52. The Morgan fingerprint density at radius 3 is 2.33 bits per heavy atom. The highest BCUT2D eigenvalue weighted by molar-refractivity contribution is 5.54. The number of rotatable bonds is 6. The number of benzene rings is 2. The summed E-state index contributed by atoms with van der Waals surface area (Å²) in [6, 6.07) is 14.6. The molecule has 0 saturated carbocycles. The van der Waals surface area contributed by atoms with E-state index in [-0.39, 0.29) is 0 Å². The Hall–Kier alpha value is -2.16. The molecule has 0 heterocycles. The van der Waals surface area contributed by atoms with Crippen LogP contribution in [-0.2, 0) is 13.0 Å². The zero-order valence-corrected chi connectivity index (χ0v) is 13.2. The van der Waals surface area contributed by atoms with Crippen LogP contribution >= 0.6 is 0 Å². The molecule has 0 unspecified atom stereocenters. The molecule has 0 spiro atoms. The zero-order valence-electron chi connectivity index (χ0n) is 13.2. The summed E-state index contributed by atoms with van der Waals surface area (Å²) in [5.74, 6) is 1.53. The van der Waals surface area contributed by atoms with Crippen LogP contribution in [-0.4, -0.2) is 21.3 Å². The molecule has 21 heavy (non-hydrogen) atoms. The average Bonchev–Trinajstić information content (AvgIpc) is 2.54. The van der Waals surface area contributed by atoms with Crippen LogP contribution in [0, 0.1) is 0 Å². The van der Waals surface area contributed by atoms with Crippen molar-refractivity contribution in [2.24, 2.45) is 0 Å². The van der Waals surface area contributed by atoms with E-state index in [0.29, 0.717) is 0 Å². The van der Waals surface area contributed by atoms with E-state index in [1.165, 1.54) is 16.8 Å². The maximum Gasteiger partial charge on any atom is 0.161 e. The Labute approximate surface area is 127 Å². The minimum Gasteiger partial charge on any atom is -0.493 e. The van der Waals surface area contributed by atoms with Gasteiger partial charge in [-0.1, -0.05) is 31.2 Å². The summed E-state index contributed by atoms with van der Waals surface area (Å²) in [4.78, 5) is 2.26. The van der Waals surface area contributed by atoms with Gasteiger partial charge in [-0.15, -0.1) is 0 Å². The number of anilines is 1. The van der Waals surface area contributed by atoms with Gasteiger partial charge in [-0.05, 0) is 35.7 Å². The van der Waals surface area contributed by atoms with Crippen molar-refractivity contribution in [2.75, 3.05) is 26.2 Å². The van der Waals surface area contributed by atoms with Gasteiger partial charge in [-0.25, -0.2) is 0 Å². The number of para-hydroxylation sites is 1. The number of nitrogens with zero attached hydrogens (tertiary/aromatic N) is 1. The average molecular weight is 285 g/mol. The highest BCUT2D eigenvalue weighted by Gasteiger charge is 2.09. The lowest BCUT2D eigenvalue weighted by molar-refractivity contribution is 0.354. The van der Waals surface area contributed by atoms with Crippen LogP contribution < -0.4 is 14.4 Å². The van der Waals surface area contributed by atoms with Gasteiger partial charge in [0, 0.05) is 19.3 Å². The number of methoxy groups -OCH3 is 2. The van der Waals surface area contributed by atoms with Crippen LogP contribution in [0.2, 0.25) is 0 Å². The first-order valence-electron chi connectivity index (χ1n) is 7.19. The molecular weight excluding hydrogens is 262 g/mol. The minimum absolute atomic E-state index is 0.762. The molecule has 0 N–H and O–H groups in total. The van der Waals surface area contributed by atoms with Crippen LogP contribution in [0.15, 0.2) is 42.5 Å². The molecule has 3 nitrogen and oxygen atoms in total. The Morgan fingerprint density at radius 1 is 0.952 bits per heavy atom. The first-order chi connectivity index (χ1) is 10.2. The highest BCUT2D eigenvalue weighted by atomic mass is 16.5. The lowest BCUT2D eigenvalue weighted by Crippen LogP contribution is -2.17. The van der Waals surface area contributed by atoms with E-state index in [2.05, 4.69) is 49.2 Å². The highest BCUT2D eigenvalue weighted by Crippen LogP contribution is 2.29. The van der Waals surface area contributed by atoms with E-state index in [4.69, 9.17) is 9.47 Å². The smallest absolute Gasteiger partial charge is 0.161 e. The molecule has 0 bridgehead atoms. The second-order valence-electron chi connectivity index (χ2n) is 5.03. The molecule has 0 aliphatic carbocycles. The summed E-state index contributed by atoms with van der Waals surface area (Å²) in [7, 11) is 5.43. The van der Waals surface area contributed by atoms with Crippen molar-refractivity contribution in [1.82, 2.24) is 0 Å². The summed E-state index contributed by atoms with van der Waals surface area (Å²) >= 11 is 0. The van der Waals surface area contributed by atoms with Crippen LogP contribution in [0.5, 0.6) is 11.5 Å². The molecule has 2 rings (SSSR count). The van der Waals surface area contributed by atoms with Crippen molar-refractivity contribution in [2.45, 2.75) is 19.9 Å². The van der Waals surface area contributed by atoms with Gasteiger partial charge in [-0.3, -0.25) is 0 Å². The van der Waals surface area contributed by atoms with Crippen LogP contribution in [0.1, 0.15) is 18.1 Å². The molecule has 0 aliphatic rings. The summed E-state index contributed by atoms with van der Waals surface area (Å²) in [5.41, 5.74) is 3.83. The summed E-state index contributed by atoms with van der Waals surface area (Å²) < 4.78 is 10.6. The van der Waals surface area contributed by atoms with E-state index in [0.717, 1.165) is 24.5 Å². The standard InChI is InChI=1S/C18H23NO2/c1-5-15-8-6-7-9-16(15)19(2)13-14-10-11-17(20-3)18(12-14)21-4/h6-12H,5,13H2,1-4H3. The second kappa shape index (κ2) is 7.02. The fourth-order valence-corrected chi connectivity index (χ4v) is 2.52. The fraction of sp³-hybridized carbons (Fsp3) is 0.333. The number of aryl methyl sites for hydroxylation is 1. The van der Waals surface area contributed by atoms with Crippen LogP contribution in [0.4, 0.5) is 5.69 Å². The van der Waals surface area contributed by atoms with Gasteiger partial charge in [0.2, 0.25) is 0 Å². The van der Waals surface area contributed by atoms with E-state index in [9.17, 15) is 0 Å². The molecule has 112 valence electrons. The Kier molecular flexibility index (Phi) is 5.09. The Morgan fingerprint density at radius 2 is 1.67 bits per heavy atom. The molecule has 0 atom stereocenters. The van der Waals surface area contributed by atoms with E-state index in [1.54, 1.807) is 14.2 Å². The SMILES string of the molecule is CCc1ccccc1N(C)Cc1ccc(OC)c(OC)c1. The van der Waals surface area contributed by atoms with Crippen molar-refractivity contribution >= 4 is 5.69 Å². The molecule has 3 heteroatoms. The quantitative estimate of drug-likeness (QED) is 0.803. The zero-order chi connectivity index (χ0) is 15.2. The van der Waals surface area contributed by atoms with Gasteiger partial charge in [0.15, 0.2) is 11.5 Å². The maximum atomic E-state index is 5.37. The lowest BCUT2D eigenvalue weighted by atomic mass is 10.1. The predicted molar refractivity (Wildman–Crippen MR) is 87.5 cm³/mol.